The van der Waals surface area contributed by atoms with Crippen molar-refractivity contribution in [3.8, 4) is 0 Å². The van der Waals surface area contributed by atoms with Crippen LogP contribution in [0.3, 0.4) is 0 Å². The molecule has 3 aliphatic heterocycles. The summed E-state index contributed by atoms with van der Waals surface area (Å²) >= 11 is 1.62. The summed E-state index contributed by atoms with van der Waals surface area (Å²) in [6, 6.07) is 4.63. The van der Waals surface area contributed by atoms with Crippen LogP contribution in [-0.4, -0.2) is 69.1 Å². The first-order valence-corrected chi connectivity index (χ1v) is 15.2. The molecule has 40 heavy (non-hydrogen) atoms. The Balaban J connectivity index is 1.86. The number of amides is 2. The SMILES string of the molecule is C=CCCOC(=O)[C@@H]1[C@H]2C(=O)N([C@@H](CO)[C@@H](C)CC)C(C(=O)N(CC=C)c3cc(C)ccc3C)C23CC[C@@]1(C)S3. The molecule has 0 saturated carbocycles. The van der Waals surface area contributed by atoms with E-state index < -0.39 is 33.4 Å². The lowest BCUT2D eigenvalue weighted by Gasteiger charge is -2.41. The van der Waals surface area contributed by atoms with Crippen molar-refractivity contribution < 1.29 is 24.2 Å². The van der Waals surface area contributed by atoms with Crippen LogP contribution < -0.4 is 4.90 Å². The van der Waals surface area contributed by atoms with Crippen LogP contribution in [-0.2, 0) is 19.1 Å². The van der Waals surface area contributed by atoms with E-state index in [1.165, 1.54) is 0 Å². The molecule has 218 valence electrons. The van der Waals surface area contributed by atoms with Gasteiger partial charge in [0.25, 0.3) is 5.91 Å². The second-order valence-electron chi connectivity index (χ2n) is 11.9. The van der Waals surface area contributed by atoms with Crippen molar-refractivity contribution in [1.82, 2.24) is 4.90 Å². The number of rotatable bonds is 12. The van der Waals surface area contributed by atoms with Crippen molar-refractivity contribution >= 4 is 35.2 Å². The topological polar surface area (TPSA) is 87.1 Å². The smallest absolute Gasteiger partial charge is 0.311 e. The standard InChI is InChI=1S/C32H44N2O5S/c1-8-11-17-39-30(38)26-25-28(36)34(24(19-35)21(5)10-3)27(32(25)15-14-31(26,7)40-32)29(37)33(16-9-2)23-18-20(4)12-13-22(23)6/h8-9,12-13,18,21,24-27,35H,1-2,10-11,14-17,19H2,3-7H3/t21-,24-,25-,26-,27?,31+,32?/m0/s1. The number of aliphatic hydroxyl groups is 1. The second kappa shape index (κ2) is 11.7. The average Bonchev–Trinajstić information content (AvgIpc) is 3.49. The fraction of sp³-hybridized carbons (Fsp3) is 0.594. The molecule has 3 saturated heterocycles. The molecule has 7 nitrogen and oxygen atoms in total. The molecule has 0 aromatic heterocycles. The number of thioether (sulfide) groups is 1. The number of hydrogen-bond donors (Lipinski definition) is 1. The maximum absolute atomic E-state index is 14.9. The fourth-order valence-corrected chi connectivity index (χ4v) is 9.42. The van der Waals surface area contributed by atoms with Gasteiger partial charge >= 0.3 is 5.97 Å². The third-order valence-electron chi connectivity index (χ3n) is 9.35. The molecule has 2 bridgehead atoms. The molecular formula is C32H44N2O5S. The maximum atomic E-state index is 14.9. The lowest BCUT2D eigenvalue weighted by Crippen LogP contribution is -2.58. The van der Waals surface area contributed by atoms with E-state index in [1.807, 2.05) is 52.8 Å². The lowest BCUT2D eigenvalue weighted by molar-refractivity contribution is -0.156. The number of aliphatic hydroxyl groups excluding tert-OH is 1. The molecule has 3 heterocycles. The van der Waals surface area contributed by atoms with Gasteiger partial charge in [0.05, 0.1) is 35.8 Å². The zero-order valence-electron chi connectivity index (χ0n) is 24.5. The number of benzene rings is 1. The Morgan fingerprint density at radius 2 is 2.00 bits per heavy atom. The average molecular weight is 569 g/mol. The van der Waals surface area contributed by atoms with Gasteiger partial charge < -0.3 is 19.6 Å². The Morgan fingerprint density at radius 3 is 2.62 bits per heavy atom. The molecule has 2 amide bonds. The molecule has 1 aromatic carbocycles. The van der Waals surface area contributed by atoms with Crippen LogP contribution in [0.25, 0.3) is 0 Å². The predicted octanol–water partition coefficient (Wildman–Crippen LogP) is 4.83. The van der Waals surface area contributed by atoms with Gasteiger partial charge in [-0.25, -0.2) is 0 Å². The van der Waals surface area contributed by atoms with Crippen LogP contribution in [0.5, 0.6) is 0 Å². The highest BCUT2D eigenvalue weighted by atomic mass is 32.2. The summed E-state index contributed by atoms with van der Waals surface area (Å²) in [5.74, 6) is -2.19. The summed E-state index contributed by atoms with van der Waals surface area (Å²) in [6.45, 7) is 17.9. The number of fused-ring (bicyclic) bond motifs is 1. The number of anilines is 1. The van der Waals surface area contributed by atoms with Crippen LogP contribution in [0.1, 0.15) is 57.6 Å². The number of aryl methyl sites for hydroxylation is 2. The molecule has 0 radical (unpaired) electrons. The Labute approximate surface area is 243 Å². The monoisotopic (exact) mass is 568 g/mol. The van der Waals surface area contributed by atoms with Gasteiger partial charge in [-0.1, -0.05) is 44.6 Å². The van der Waals surface area contributed by atoms with E-state index in [0.717, 1.165) is 23.2 Å². The quantitative estimate of drug-likeness (QED) is 0.221. The van der Waals surface area contributed by atoms with Gasteiger partial charge in [-0.3, -0.25) is 14.4 Å². The zero-order valence-corrected chi connectivity index (χ0v) is 25.3. The van der Waals surface area contributed by atoms with E-state index in [2.05, 4.69) is 13.2 Å². The van der Waals surface area contributed by atoms with E-state index in [1.54, 1.807) is 33.7 Å². The summed E-state index contributed by atoms with van der Waals surface area (Å²) in [4.78, 5) is 46.3. The molecule has 1 N–H and O–H groups in total. The molecule has 7 atom stereocenters. The van der Waals surface area contributed by atoms with Crippen LogP contribution in [0.15, 0.2) is 43.5 Å². The summed E-state index contributed by atoms with van der Waals surface area (Å²) in [5.41, 5.74) is 2.76. The molecule has 1 aromatic rings. The van der Waals surface area contributed by atoms with E-state index in [9.17, 15) is 19.5 Å². The number of esters is 1. The third kappa shape index (κ3) is 4.81. The largest absolute Gasteiger partial charge is 0.465 e. The van der Waals surface area contributed by atoms with Gasteiger partial charge in [-0.2, -0.15) is 0 Å². The molecule has 3 aliphatic rings. The van der Waals surface area contributed by atoms with Crippen LogP contribution in [0, 0.1) is 31.6 Å². The summed E-state index contributed by atoms with van der Waals surface area (Å²) in [6.07, 6.45) is 6.02. The Hall–Kier alpha value is -2.58. The minimum absolute atomic E-state index is 0.0381. The molecular weight excluding hydrogens is 524 g/mol. The third-order valence-corrected chi connectivity index (χ3v) is 11.3. The first-order valence-electron chi connectivity index (χ1n) is 14.4. The van der Waals surface area contributed by atoms with Gasteiger partial charge in [0, 0.05) is 17.0 Å². The fourth-order valence-electron chi connectivity index (χ4n) is 7.10. The Kier molecular flexibility index (Phi) is 8.91. The second-order valence-corrected chi connectivity index (χ2v) is 13.8. The first kappa shape index (κ1) is 30.4. The highest BCUT2D eigenvalue weighted by Gasteiger charge is 2.78. The van der Waals surface area contributed by atoms with Gasteiger partial charge in [-0.05, 0) is 63.1 Å². The minimum Gasteiger partial charge on any atom is -0.465 e. The Morgan fingerprint density at radius 1 is 1.27 bits per heavy atom. The normalized spacial score (nSPS) is 30.1. The summed E-state index contributed by atoms with van der Waals surface area (Å²) in [5, 5.41) is 10.6. The van der Waals surface area contributed by atoms with Crippen molar-refractivity contribution in [2.75, 3.05) is 24.7 Å². The minimum atomic E-state index is -0.825. The lowest BCUT2D eigenvalue weighted by atomic mass is 9.66. The van der Waals surface area contributed by atoms with Crippen molar-refractivity contribution in [3.05, 3.63) is 54.6 Å². The van der Waals surface area contributed by atoms with Crippen molar-refractivity contribution in [2.24, 2.45) is 17.8 Å². The van der Waals surface area contributed by atoms with Gasteiger partial charge in [0.1, 0.15) is 6.04 Å². The van der Waals surface area contributed by atoms with Crippen molar-refractivity contribution in [2.45, 2.75) is 81.9 Å². The highest BCUT2D eigenvalue weighted by molar-refractivity contribution is 8.02. The van der Waals surface area contributed by atoms with E-state index in [0.29, 0.717) is 19.3 Å². The van der Waals surface area contributed by atoms with Crippen LogP contribution in [0.2, 0.25) is 0 Å². The summed E-state index contributed by atoms with van der Waals surface area (Å²) < 4.78 is 4.36. The number of hydrogen-bond acceptors (Lipinski definition) is 6. The highest BCUT2D eigenvalue weighted by Crippen LogP contribution is 2.72. The molecule has 1 spiro atoms. The predicted molar refractivity (Wildman–Crippen MR) is 160 cm³/mol. The van der Waals surface area contributed by atoms with Gasteiger partial charge in [0.15, 0.2) is 0 Å². The van der Waals surface area contributed by atoms with E-state index >= 15 is 0 Å². The van der Waals surface area contributed by atoms with Gasteiger partial charge in [0.2, 0.25) is 5.91 Å². The number of likely N-dealkylation sites (tertiary alicyclic amines) is 1. The maximum Gasteiger partial charge on any atom is 0.311 e. The number of carbonyl (C=O) groups excluding carboxylic acids is 3. The van der Waals surface area contributed by atoms with E-state index in [4.69, 9.17) is 4.74 Å². The number of ether oxygens (including phenoxy) is 1. The molecule has 4 rings (SSSR count). The summed E-state index contributed by atoms with van der Waals surface area (Å²) in [7, 11) is 0. The first-order chi connectivity index (χ1) is 19.0. The van der Waals surface area contributed by atoms with E-state index in [-0.39, 0.29) is 43.5 Å². The van der Waals surface area contributed by atoms with Crippen LogP contribution >= 0.6 is 11.8 Å². The molecule has 3 fully saturated rings. The van der Waals surface area contributed by atoms with Crippen molar-refractivity contribution in [3.63, 3.8) is 0 Å². The molecule has 8 heteroatoms. The Bertz CT molecular complexity index is 1190. The number of nitrogens with zero attached hydrogens (tertiary/aromatic N) is 2. The van der Waals surface area contributed by atoms with Crippen molar-refractivity contribution in [1.29, 1.82) is 0 Å². The zero-order chi connectivity index (χ0) is 29.4. The molecule has 0 aliphatic carbocycles. The van der Waals surface area contributed by atoms with Gasteiger partial charge in [-0.15, -0.1) is 24.9 Å². The number of carbonyl (C=O) groups is 3. The molecule has 2 unspecified atom stereocenters. The van der Waals surface area contributed by atoms with Crippen LogP contribution in [0.4, 0.5) is 5.69 Å².